The lowest BCUT2D eigenvalue weighted by Crippen LogP contribution is -2.53. The van der Waals surface area contributed by atoms with Crippen molar-refractivity contribution in [1.29, 1.82) is 0 Å². The highest BCUT2D eigenvalue weighted by atomic mass is 32.1. The predicted octanol–water partition coefficient (Wildman–Crippen LogP) is 1.43. The number of aliphatic hydroxyl groups excluding tert-OH is 1. The second kappa shape index (κ2) is 7.09. The molecule has 1 N–H and O–H groups in total. The van der Waals surface area contributed by atoms with Crippen LogP contribution in [-0.2, 0) is 13.6 Å². The van der Waals surface area contributed by atoms with Gasteiger partial charge in [-0.3, -0.25) is 14.5 Å². The van der Waals surface area contributed by atoms with Gasteiger partial charge in [-0.1, -0.05) is 0 Å². The zero-order valence-electron chi connectivity index (χ0n) is 14.0. The van der Waals surface area contributed by atoms with E-state index >= 15 is 0 Å². The van der Waals surface area contributed by atoms with E-state index in [1.165, 1.54) is 0 Å². The van der Waals surface area contributed by atoms with E-state index < -0.39 is 0 Å². The second-order valence-corrected chi connectivity index (χ2v) is 7.33. The number of nitrogens with zero attached hydrogens (tertiary/aromatic N) is 5. The first kappa shape index (κ1) is 16.6. The molecule has 0 bridgehead atoms. The van der Waals surface area contributed by atoms with Crippen LogP contribution in [0.4, 0.5) is 0 Å². The van der Waals surface area contributed by atoms with E-state index in [2.05, 4.69) is 27.2 Å². The number of thiazole rings is 1. The Morgan fingerprint density at radius 3 is 2.91 bits per heavy atom. The van der Waals surface area contributed by atoms with Crippen molar-refractivity contribution in [2.24, 2.45) is 7.05 Å². The van der Waals surface area contributed by atoms with Crippen molar-refractivity contribution in [1.82, 2.24) is 24.6 Å². The zero-order valence-corrected chi connectivity index (χ0v) is 14.8. The van der Waals surface area contributed by atoms with Crippen molar-refractivity contribution < 1.29 is 5.11 Å². The van der Waals surface area contributed by atoms with Crippen LogP contribution in [-0.4, -0.2) is 68.0 Å². The van der Waals surface area contributed by atoms with Crippen LogP contribution >= 0.6 is 11.3 Å². The third-order valence-electron chi connectivity index (χ3n) is 4.24. The van der Waals surface area contributed by atoms with Crippen LogP contribution in [0.5, 0.6) is 0 Å². The van der Waals surface area contributed by atoms with Gasteiger partial charge in [-0.05, 0) is 13.8 Å². The van der Waals surface area contributed by atoms with E-state index in [0.717, 1.165) is 49.0 Å². The highest BCUT2D eigenvalue weighted by Gasteiger charge is 2.24. The number of hydrogen-bond acceptors (Lipinski definition) is 6. The van der Waals surface area contributed by atoms with Gasteiger partial charge in [-0.2, -0.15) is 5.10 Å². The molecule has 0 spiro atoms. The molecule has 0 saturated carbocycles. The third-order valence-corrected chi connectivity index (χ3v) is 5.18. The van der Waals surface area contributed by atoms with Gasteiger partial charge in [-0.25, -0.2) is 4.98 Å². The summed E-state index contributed by atoms with van der Waals surface area (Å²) in [6.07, 6.45) is 3.60. The monoisotopic (exact) mass is 335 g/mol. The number of piperazine rings is 1. The number of aryl methyl sites for hydroxylation is 1. The summed E-state index contributed by atoms with van der Waals surface area (Å²) in [7, 11) is 1.92. The van der Waals surface area contributed by atoms with E-state index in [0.29, 0.717) is 6.04 Å². The predicted molar refractivity (Wildman–Crippen MR) is 92.3 cm³/mol. The minimum Gasteiger partial charge on any atom is -0.392 e. The van der Waals surface area contributed by atoms with Gasteiger partial charge in [-0.15, -0.1) is 11.3 Å². The van der Waals surface area contributed by atoms with Gasteiger partial charge in [0, 0.05) is 63.0 Å². The van der Waals surface area contributed by atoms with Crippen molar-refractivity contribution in [3.8, 4) is 10.6 Å². The molecule has 3 heterocycles. The fourth-order valence-corrected chi connectivity index (χ4v) is 3.88. The molecule has 7 heteroatoms. The summed E-state index contributed by atoms with van der Waals surface area (Å²) in [4.78, 5) is 9.56. The highest BCUT2D eigenvalue weighted by molar-refractivity contribution is 7.13. The Kier molecular flexibility index (Phi) is 5.11. The van der Waals surface area contributed by atoms with E-state index in [1.807, 2.05) is 26.4 Å². The Morgan fingerprint density at radius 1 is 1.43 bits per heavy atom. The molecule has 2 aromatic rings. The standard InChI is InChI=1S/C16H25N5OS/c1-12-7-20(4-5-21(12)8-13(2)22)10-15-11-23-16(18-15)14-6-17-19(3)9-14/h6,9,11-13,22H,4-5,7-8,10H2,1-3H3/t12-,13+/m0/s1. The Morgan fingerprint density at radius 2 is 2.26 bits per heavy atom. The molecule has 0 aliphatic carbocycles. The van der Waals surface area contributed by atoms with E-state index in [4.69, 9.17) is 4.98 Å². The lowest BCUT2D eigenvalue weighted by molar-refractivity contribution is 0.0419. The molecular weight excluding hydrogens is 310 g/mol. The highest BCUT2D eigenvalue weighted by Crippen LogP contribution is 2.24. The molecule has 0 aromatic carbocycles. The summed E-state index contributed by atoms with van der Waals surface area (Å²) in [5.41, 5.74) is 2.21. The number of aromatic nitrogens is 3. The summed E-state index contributed by atoms with van der Waals surface area (Å²) < 4.78 is 1.81. The largest absolute Gasteiger partial charge is 0.392 e. The molecule has 0 radical (unpaired) electrons. The van der Waals surface area contributed by atoms with Crippen LogP contribution in [0, 0.1) is 0 Å². The maximum absolute atomic E-state index is 9.57. The number of hydrogen-bond donors (Lipinski definition) is 1. The van der Waals surface area contributed by atoms with Crippen LogP contribution in [0.15, 0.2) is 17.8 Å². The van der Waals surface area contributed by atoms with Crippen LogP contribution in [0.2, 0.25) is 0 Å². The number of β-amino-alcohol motifs (C(OH)–C–C–N with tert-alkyl or cyclic N) is 1. The summed E-state index contributed by atoms with van der Waals surface area (Å²) >= 11 is 1.68. The second-order valence-electron chi connectivity index (χ2n) is 6.47. The molecule has 2 atom stereocenters. The Balaban J connectivity index is 1.57. The van der Waals surface area contributed by atoms with Crippen LogP contribution < -0.4 is 0 Å². The topological polar surface area (TPSA) is 57.4 Å². The minimum absolute atomic E-state index is 0.260. The molecule has 1 saturated heterocycles. The third kappa shape index (κ3) is 4.17. The Hall–Kier alpha value is -1.28. The molecule has 23 heavy (non-hydrogen) atoms. The van der Waals surface area contributed by atoms with Gasteiger partial charge < -0.3 is 5.11 Å². The first-order valence-electron chi connectivity index (χ1n) is 8.09. The molecule has 0 unspecified atom stereocenters. The molecule has 6 nitrogen and oxygen atoms in total. The average Bonchev–Trinajstić information content (AvgIpc) is 3.10. The van der Waals surface area contributed by atoms with Gasteiger partial charge in [0.1, 0.15) is 5.01 Å². The van der Waals surface area contributed by atoms with E-state index in [9.17, 15) is 5.11 Å². The van der Waals surface area contributed by atoms with Crippen molar-refractivity contribution >= 4 is 11.3 Å². The van der Waals surface area contributed by atoms with E-state index in [1.54, 1.807) is 16.0 Å². The Labute approximate surface area is 141 Å². The molecule has 2 aromatic heterocycles. The molecule has 0 amide bonds. The minimum atomic E-state index is -0.260. The van der Waals surface area contributed by atoms with Gasteiger partial charge >= 0.3 is 0 Å². The maximum atomic E-state index is 9.57. The maximum Gasteiger partial charge on any atom is 0.126 e. The fraction of sp³-hybridized carbons (Fsp3) is 0.625. The first-order chi connectivity index (χ1) is 11.0. The molecule has 1 fully saturated rings. The van der Waals surface area contributed by atoms with Gasteiger partial charge in [0.15, 0.2) is 0 Å². The molecule has 1 aliphatic rings. The smallest absolute Gasteiger partial charge is 0.126 e. The van der Waals surface area contributed by atoms with E-state index in [-0.39, 0.29) is 6.10 Å². The average molecular weight is 335 g/mol. The zero-order chi connectivity index (χ0) is 16.4. The van der Waals surface area contributed by atoms with Crippen LogP contribution in [0.25, 0.3) is 10.6 Å². The summed E-state index contributed by atoms with van der Waals surface area (Å²) in [5.74, 6) is 0. The number of aliphatic hydroxyl groups is 1. The summed E-state index contributed by atoms with van der Waals surface area (Å²) in [6, 6.07) is 0.467. The number of rotatable bonds is 5. The normalized spacial score (nSPS) is 21.7. The lowest BCUT2D eigenvalue weighted by Gasteiger charge is -2.40. The van der Waals surface area contributed by atoms with Crippen LogP contribution in [0.1, 0.15) is 19.5 Å². The summed E-state index contributed by atoms with van der Waals surface area (Å²) in [6.45, 7) is 8.79. The fourth-order valence-electron chi connectivity index (χ4n) is 3.10. The van der Waals surface area contributed by atoms with Crippen molar-refractivity contribution in [3.05, 3.63) is 23.5 Å². The SMILES string of the molecule is C[C@@H](O)CN1CCN(Cc2csc(-c3cnn(C)c3)n2)C[C@@H]1C. The molecule has 1 aliphatic heterocycles. The lowest BCUT2D eigenvalue weighted by atomic mass is 10.1. The van der Waals surface area contributed by atoms with Crippen LogP contribution in [0.3, 0.4) is 0 Å². The van der Waals surface area contributed by atoms with Crippen molar-refractivity contribution in [2.45, 2.75) is 32.5 Å². The van der Waals surface area contributed by atoms with Gasteiger partial charge in [0.2, 0.25) is 0 Å². The molecular formula is C16H25N5OS. The van der Waals surface area contributed by atoms with Gasteiger partial charge in [0.05, 0.1) is 18.0 Å². The van der Waals surface area contributed by atoms with Gasteiger partial charge in [0.25, 0.3) is 0 Å². The summed E-state index contributed by atoms with van der Waals surface area (Å²) in [5, 5.41) is 17.0. The first-order valence-corrected chi connectivity index (χ1v) is 8.97. The quantitative estimate of drug-likeness (QED) is 0.896. The van der Waals surface area contributed by atoms with Crippen molar-refractivity contribution in [2.75, 3.05) is 26.2 Å². The van der Waals surface area contributed by atoms with Crippen molar-refractivity contribution in [3.63, 3.8) is 0 Å². The molecule has 126 valence electrons. The molecule has 3 rings (SSSR count). The Bertz CT molecular complexity index is 638.